The smallest absolute Gasteiger partial charge is 0.0540 e. The third-order valence-electron chi connectivity index (χ3n) is 6.02. The van der Waals surface area contributed by atoms with Gasteiger partial charge in [-0.2, -0.15) is 0 Å². The monoisotopic (exact) mass is 280 g/mol. The summed E-state index contributed by atoms with van der Waals surface area (Å²) in [5, 5.41) is 9.63. The van der Waals surface area contributed by atoms with E-state index in [9.17, 15) is 5.11 Å². The minimum atomic E-state index is 0.0192. The fraction of sp³-hybridized carbons (Fsp3) is 1.00. The molecule has 0 spiro atoms. The van der Waals surface area contributed by atoms with Crippen molar-refractivity contribution < 1.29 is 5.11 Å². The summed E-state index contributed by atoms with van der Waals surface area (Å²) < 4.78 is 0. The van der Waals surface area contributed by atoms with Crippen molar-refractivity contribution in [3.63, 3.8) is 0 Å². The lowest BCUT2D eigenvalue weighted by Crippen LogP contribution is -2.27. The van der Waals surface area contributed by atoms with Gasteiger partial charge in [0.25, 0.3) is 0 Å². The van der Waals surface area contributed by atoms with Crippen LogP contribution >= 0.6 is 0 Å². The molecule has 0 aromatic carbocycles. The molecule has 0 aliphatic heterocycles. The lowest BCUT2D eigenvalue weighted by Gasteiger charge is -2.37. The average molecular weight is 280 g/mol. The van der Waals surface area contributed by atoms with Crippen molar-refractivity contribution in [2.75, 3.05) is 0 Å². The maximum absolute atomic E-state index is 9.63. The highest BCUT2D eigenvalue weighted by Gasteiger charge is 2.30. The fourth-order valence-electron chi connectivity index (χ4n) is 4.56. The van der Waals surface area contributed by atoms with E-state index >= 15 is 0 Å². The molecule has 20 heavy (non-hydrogen) atoms. The number of rotatable bonds is 7. The third-order valence-corrected chi connectivity index (χ3v) is 6.02. The van der Waals surface area contributed by atoms with E-state index in [0.29, 0.717) is 0 Å². The minimum absolute atomic E-state index is 0.0192. The van der Waals surface area contributed by atoms with Gasteiger partial charge >= 0.3 is 0 Å². The minimum Gasteiger partial charge on any atom is -0.393 e. The van der Waals surface area contributed by atoms with Gasteiger partial charge in [0.05, 0.1) is 6.10 Å². The maximum Gasteiger partial charge on any atom is 0.0540 e. The van der Waals surface area contributed by atoms with Gasteiger partial charge in [0.15, 0.2) is 0 Å². The van der Waals surface area contributed by atoms with E-state index in [1.54, 1.807) is 0 Å². The second-order valence-corrected chi connectivity index (χ2v) is 7.55. The molecule has 118 valence electrons. The Hall–Kier alpha value is -0.0400. The number of aliphatic hydroxyl groups is 1. The van der Waals surface area contributed by atoms with Crippen molar-refractivity contribution in [3.8, 4) is 0 Å². The molecule has 0 atom stereocenters. The molecule has 1 N–H and O–H groups in total. The van der Waals surface area contributed by atoms with Crippen molar-refractivity contribution in [3.05, 3.63) is 0 Å². The second-order valence-electron chi connectivity index (χ2n) is 7.55. The number of hydrogen-bond donors (Lipinski definition) is 1. The summed E-state index contributed by atoms with van der Waals surface area (Å²) in [5.41, 5.74) is 0. The fourth-order valence-corrected chi connectivity index (χ4v) is 4.56. The summed E-state index contributed by atoms with van der Waals surface area (Å²) in [5.74, 6) is 2.99. The van der Waals surface area contributed by atoms with Crippen molar-refractivity contribution in [2.24, 2.45) is 17.8 Å². The molecule has 0 saturated heterocycles. The van der Waals surface area contributed by atoms with E-state index in [1.165, 1.54) is 77.0 Å². The van der Waals surface area contributed by atoms with Crippen LogP contribution in [0.4, 0.5) is 0 Å². The largest absolute Gasteiger partial charge is 0.393 e. The first-order valence-corrected chi connectivity index (χ1v) is 9.47. The van der Waals surface area contributed by atoms with E-state index in [0.717, 1.165) is 30.6 Å². The van der Waals surface area contributed by atoms with Gasteiger partial charge in [0.2, 0.25) is 0 Å². The molecular weight excluding hydrogens is 244 g/mol. The van der Waals surface area contributed by atoms with Gasteiger partial charge in [0.1, 0.15) is 0 Å². The molecule has 2 aliphatic carbocycles. The van der Waals surface area contributed by atoms with E-state index in [1.807, 2.05) is 0 Å². The Morgan fingerprint density at radius 2 is 1.25 bits per heavy atom. The van der Waals surface area contributed by atoms with Crippen molar-refractivity contribution in [2.45, 2.75) is 103 Å². The lowest BCUT2D eigenvalue weighted by atomic mass is 9.70. The Balaban J connectivity index is 1.55. The van der Waals surface area contributed by atoms with Crippen LogP contribution in [0.15, 0.2) is 0 Å². The molecule has 1 nitrogen and oxygen atoms in total. The topological polar surface area (TPSA) is 20.2 Å². The second kappa shape index (κ2) is 9.07. The Morgan fingerprint density at radius 1 is 0.700 bits per heavy atom. The van der Waals surface area contributed by atoms with Crippen LogP contribution in [0.1, 0.15) is 96.8 Å². The zero-order valence-electron chi connectivity index (χ0n) is 13.7. The first kappa shape index (κ1) is 16.3. The molecule has 2 saturated carbocycles. The van der Waals surface area contributed by atoms with Crippen LogP contribution in [0.2, 0.25) is 0 Å². The summed E-state index contributed by atoms with van der Waals surface area (Å²) in [4.78, 5) is 0. The highest BCUT2D eigenvalue weighted by molar-refractivity contribution is 4.81. The molecule has 0 aromatic rings. The van der Waals surface area contributed by atoms with Gasteiger partial charge in [-0.1, -0.05) is 58.3 Å². The molecule has 0 amide bonds. The molecule has 0 radical (unpaired) electrons. The molecule has 2 aliphatic rings. The Morgan fingerprint density at radius 3 is 1.85 bits per heavy atom. The van der Waals surface area contributed by atoms with E-state index in [2.05, 4.69) is 6.92 Å². The van der Waals surface area contributed by atoms with Crippen LogP contribution in [0.5, 0.6) is 0 Å². The first-order chi connectivity index (χ1) is 9.79. The summed E-state index contributed by atoms with van der Waals surface area (Å²) in [6.45, 7) is 2.30. The summed E-state index contributed by atoms with van der Waals surface area (Å²) in [6, 6.07) is 0. The third kappa shape index (κ3) is 5.39. The van der Waals surface area contributed by atoms with Gasteiger partial charge in [-0.05, 0) is 56.3 Å². The summed E-state index contributed by atoms with van der Waals surface area (Å²) >= 11 is 0. The van der Waals surface area contributed by atoms with Gasteiger partial charge in [-0.25, -0.2) is 0 Å². The SMILES string of the molecule is CCCCCCCC1CCC(C2CCC(O)CC2)CC1. The van der Waals surface area contributed by atoms with E-state index < -0.39 is 0 Å². The molecule has 0 bridgehead atoms. The predicted octanol–water partition coefficient (Wildman–Crippen LogP) is 5.70. The van der Waals surface area contributed by atoms with E-state index in [4.69, 9.17) is 0 Å². The van der Waals surface area contributed by atoms with Crippen LogP contribution in [-0.2, 0) is 0 Å². The molecular formula is C19H36O. The Bertz CT molecular complexity index is 234. The Kier molecular flexibility index (Phi) is 7.41. The summed E-state index contributed by atoms with van der Waals surface area (Å²) in [7, 11) is 0. The standard InChI is InChI=1S/C19H36O/c1-2-3-4-5-6-7-16-8-10-17(11-9-16)18-12-14-19(20)15-13-18/h16-20H,2-15H2,1H3. The number of hydrogen-bond acceptors (Lipinski definition) is 1. The van der Waals surface area contributed by atoms with Crippen molar-refractivity contribution in [1.82, 2.24) is 0 Å². The predicted molar refractivity (Wildman–Crippen MR) is 86.8 cm³/mol. The van der Waals surface area contributed by atoms with Crippen LogP contribution < -0.4 is 0 Å². The van der Waals surface area contributed by atoms with Crippen molar-refractivity contribution in [1.29, 1.82) is 0 Å². The highest BCUT2D eigenvalue weighted by Crippen LogP contribution is 2.41. The Labute approximate surface area is 126 Å². The lowest BCUT2D eigenvalue weighted by molar-refractivity contribution is 0.0763. The highest BCUT2D eigenvalue weighted by atomic mass is 16.3. The van der Waals surface area contributed by atoms with Crippen LogP contribution in [-0.4, -0.2) is 11.2 Å². The van der Waals surface area contributed by atoms with Gasteiger partial charge in [0, 0.05) is 0 Å². The quantitative estimate of drug-likeness (QED) is 0.593. The van der Waals surface area contributed by atoms with E-state index in [-0.39, 0.29) is 6.10 Å². The van der Waals surface area contributed by atoms with Crippen LogP contribution in [0.3, 0.4) is 0 Å². The van der Waals surface area contributed by atoms with Crippen LogP contribution in [0, 0.1) is 17.8 Å². The molecule has 0 heterocycles. The maximum atomic E-state index is 9.63. The summed E-state index contributed by atoms with van der Waals surface area (Å²) in [6.07, 6.45) is 19.4. The average Bonchev–Trinajstić information content (AvgIpc) is 2.49. The zero-order chi connectivity index (χ0) is 14.2. The number of aliphatic hydroxyl groups excluding tert-OH is 1. The van der Waals surface area contributed by atoms with Gasteiger partial charge in [-0.3, -0.25) is 0 Å². The molecule has 0 aromatic heterocycles. The molecule has 2 fully saturated rings. The molecule has 1 heteroatoms. The zero-order valence-corrected chi connectivity index (χ0v) is 13.7. The van der Waals surface area contributed by atoms with Crippen LogP contribution in [0.25, 0.3) is 0 Å². The number of unbranched alkanes of at least 4 members (excludes halogenated alkanes) is 4. The van der Waals surface area contributed by atoms with Crippen molar-refractivity contribution >= 4 is 0 Å². The molecule has 0 unspecified atom stereocenters. The molecule has 2 rings (SSSR count). The first-order valence-electron chi connectivity index (χ1n) is 9.47. The van der Waals surface area contributed by atoms with Gasteiger partial charge < -0.3 is 5.11 Å². The van der Waals surface area contributed by atoms with Gasteiger partial charge in [-0.15, -0.1) is 0 Å². The normalized spacial score (nSPS) is 35.1.